The van der Waals surface area contributed by atoms with E-state index in [0.717, 1.165) is 11.1 Å². The number of halogens is 2. The number of pyridine rings is 1. The maximum atomic E-state index is 13.0. The second-order valence-electron chi connectivity index (χ2n) is 6.29. The normalized spacial score (nSPS) is 12.3. The number of fused-ring (bicyclic) bond motifs is 1. The van der Waals surface area contributed by atoms with Gasteiger partial charge in [-0.3, -0.25) is 9.19 Å². The molecule has 0 bridgehead atoms. The fourth-order valence-electron chi connectivity index (χ4n) is 3.12. The van der Waals surface area contributed by atoms with E-state index < -0.39 is 17.4 Å². The van der Waals surface area contributed by atoms with Gasteiger partial charge in [-0.05, 0) is 13.8 Å². The number of nitrogens with zero attached hydrogens (tertiary/aromatic N) is 2. The first kappa shape index (κ1) is 21.8. The molecule has 0 aliphatic heterocycles. The minimum absolute atomic E-state index is 0.0291. The van der Waals surface area contributed by atoms with Gasteiger partial charge in [-0.15, -0.1) is 0 Å². The van der Waals surface area contributed by atoms with E-state index in [0.29, 0.717) is 17.0 Å². The van der Waals surface area contributed by atoms with Crippen molar-refractivity contribution < 1.29 is 31.9 Å². The van der Waals surface area contributed by atoms with Crippen LogP contribution in [0.15, 0.2) is 17.4 Å². The Morgan fingerprint density at radius 3 is 2.40 bits per heavy atom. The number of nitrogens with one attached hydrogen (secondary N) is 1. The summed E-state index contributed by atoms with van der Waals surface area (Å²) in [6.45, 7) is 0.631. The molecule has 1 aromatic carbocycles. The Balaban J connectivity index is 2.02. The molecule has 0 saturated carbocycles. The third-order valence-corrected chi connectivity index (χ3v) is 5.66. The number of methoxy groups -OCH3 is 3. The summed E-state index contributed by atoms with van der Waals surface area (Å²) >= 11 is 0. The summed E-state index contributed by atoms with van der Waals surface area (Å²) in [7, 11) is 2.57. The molecule has 30 heavy (non-hydrogen) atoms. The maximum absolute atomic E-state index is 13.0. The number of aromatic amines is 1. The van der Waals surface area contributed by atoms with Crippen molar-refractivity contribution in [1.29, 1.82) is 0 Å². The zero-order valence-corrected chi connectivity index (χ0v) is 17.9. The van der Waals surface area contributed by atoms with Crippen molar-refractivity contribution >= 4 is 21.8 Å². The lowest BCUT2D eigenvalue weighted by atomic mass is 10.1. The van der Waals surface area contributed by atoms with Gasteiger partial charge < -0.3 is 23.9 Å². The van der Waals surface area contributed by atoms with E-state index in [2.05, 4.69) is 19.7 Å². The van der Waals surface area contributed by atoms with Crippen molar-refractivity contribution in [2.45, 2.75) is 31.4 Å². The van der Waals surface area contributed by atoms with Crippen LogP contribution in [0.3, 0.4) is 0 Å². The molecule has 0 aliphatic carbocycles. The van der Waals surface area contributed by atoms with Crippen LogP contribution in [0.2, 0.25) is 0 Å². The first-order valence-corrected chi connectivity index (χ1v) is 10.1. The van der Waals surface area contributed by atoms with Gasteiger partial charge in [0.1, 0.15) is 11.3 Å². The predicted octanol–water partition coefficient (Wildman–Crippen LogP) is 3.51. The number of aromatic nitrogens is 3. The quantitative estimate of drug-likeness (QED) is 0.572. The van der Waals surface area contributed by atoms with Crippen molar-refractivity contribution in [3.8, 4) is 23.0 Å². The number of rotatable bonds is 8. The van der Waals surface area contributed by atoms with Crippen LogP contribution in [0.4, 0.5) is 8.78 Å². The molecule has 2 heterocycles. The molecule has 0 fully saturated rings. The molecule has 0 spiro atoms. The lowest BCUT2D eigenvalue weighted by Gasteiger charge is -2.13. The van der Waals surface area contributed by atoms with Gasteiger partial charge in [0.05, 0.1) is 49.1 Å². The Hall–Kier alpha value is -2.95. The molecular weight excluding hydrogens is 420 g/mol. The zero-order valence-electron chi connectivity index (χ0n) is 17.0. The Bertz CT molecular complexity index is 1100. The smallest absolute Gasteiger partial charge is 0.387 e. The first-order valence-electron chi connectivity index (χ1n) is 8.77. The molecule has 162 valence electrons. The first-order chi connectivity index (χ1) is 14.3. The molecule has 0 amide bonds. The minimum atomic E-state index is -3.08. The Labute approximate surface area is 174 Å². The number of hydrogen-bond donors (Lipinski definition) is 1. The van der Waals surface area contributed by atoms with Crippen LogP contribution in [-0.4, -0.2) is 47.1 Å². The summed E-state index contributed by atoms with van der Waals surface area (Å²) < 4.78 is 58.9. The zero-order chi connectivity index (χ0) is 22.0. The number of ether oxygens (including phenoxy) is 4. The standard InChI is InChI=1S/C19H21F2N3O5S/c1-9-7-22-12(10(2)15(9)27-4)8-30(25)19-23-11-6-13(26-3)16(29-18(20)21)17(28-5)14(11)24-19/h6-7,18H,8H2,1-5H3,(H,23,24). The molecule has 1 N–H and O–H groups in total. The van der Waals surface area contributed by atoms with Gasteiger partial charge in [0.15, 0.2) is 16.7 Å². The molecular formula is C19H21F2N3O5S. The molecule has 11 heteroatoms. The Morgan fingerprint density at radius 1 is 1.10 bits per heavy atom. The summed E-state index contributed by atoms with van der Waals surface area (Å²) in [5.74, 6) is 0.466. The number of aryl methyl sites for hydroxylation is 1. The number of imidazole rings is 1. The maximum Gasteiger partial charge on any atom is 0.387 e. The number of H-pyrrole nitrogens is 1. The van der Waals surface area contributed by atoms with Gasteiger partial charge in [0, 0.05) is 23.4 Å². The topological polar surface area (TPSA) is 95.6 Å². The van der Waals surface area contributed by atoms with Crippen LogP contribution < -0.4 is 18.9 Å². The summed E-state index contributed by atoms with van der Waals surface area (Å²) in [4.78, 5) is 11.6. The van der Waals surface area contributed by atoms with Gasteiger partial charge in [-0.25, -0.2) is 4.98 Å². The van der Waals surface area contributed by atoms with Crippen molar-refractivity contribution in [1.82, 2.24) is 15.0 Å². The van der Waals surface area contributed by atoms with Crippen LogP contribution in [-0.2, 0) is 16.6 Å². The number of hydrogen-bond acceptors (Lipinski definition) is 7. The van der Waals surface area contributed by atoms with E-state index in [1.54, 1.807) is 13.3 Å². The van der Waals surface area contributed by atoms with Gasteiger partial charge in [-0.1, -0.05) is 0 Å². The summed E-state index contributed by atoms with van der Waals surface area (Å²) in [6, 6.07) is 1.43. The van der Waals surface area contributed by atoms with Crippen molar-refractivity contribution in [3.63, 3.8) is 0 Å². The highest BCUT2D eigenvalue weighted by Crippen LogP contribution is 2.43. The van der Waals surface area contributed by atoms with E-state index in [9.17, 15) is 13.0 Å². The van der Waals surface area contributed by atoms with Gasteiger partial charge >= 0.3 is 6.61 Å². The largest absolute Gasteiger partial charge is 0.496 e. The summed E-state index contributed by atoms with van der Waals surface area (Å²) in [5, 5.41) is 0.139. The summed E-state index contributed by atoms with van der Waals surface area (Å²) in [5.41, 5.74) is 2.86. The third kappa shape index (κ3) is 4.02. The van der Waals surface area contributed by atoms with E-state index in [1.807, 2.05) is 13.8 Å². The third-order valence-electron chi connectivity index (χ3n) is 4.49. The fourth-order valence-corrected chi connectivity index (χ4v) is 4.21. The second-order valence-corrected chi connectivity index (χ2v) is 7.66. The average molecular weight is 441 g/mol. The minimum Gasteiger partial charge on any atom is -0.496 e. The highest BCUT2D eigenvalue weighted by atomic mass is 32.2. The van der Waals surface area contributed by atoms with E-state index in [1.165, 1.54) is 20.3 Å². The lowest BCUT2D eigenvalue weighted by molar-refractivity contribution is -0.0524. The molecule has 0 saturated heterocycles. The SMILES string of the molecule is COc1cc2[nH]c(S(=O)Cc3ncc(C)c(OC)c3C)nc2c(OC)c1OC(F)F. The van der Waals surface area contributed by atoms with Crippen molar-refractivity contribution in [3.05, 3.63) is 29.1 Å². The van der Waals surface area contributed by atoms with E-state index in [4.69, 9.17) is 14.2 Å². The summed E-state index contributed by atoms with van der Waals surface area (Å²) in [6.07, 6.45) is 1.65. The molecule has 0 aliphatic rings. The van der Waals surface area contributed by atoms with Gasteiger partial charge in [-0.2, -0.15) is 8.78 Å². The van der Waals surface area contributed by atoms with Crippen LogP contribution in [0, 0.1) is 13.8 Å². The highest BCUT2D eigenvalue weighted by molar-refractivity contribution is 7.84. The second kappa shape index (κ2) is 8.82. The molecule has 1 atom stereocenters. The molecule has 0 radical (unpaired) electrons. The van der Waals surface area contributed by atoms with Crippen LogP contribution in [0.25, 0.3) is 11.0 Å². The van der Waals surface area contributed by atoms with E-state index in [-0.39, 0.29) is 33.7 Å². The lowest BCUT2D eigenvalue weighted by Crippen LogP contribution is -2.05. The highest BCUT2D eigenvalue weighted by Gasteiger charge is 2.24. The Morgan fingerprint density at radius 2 is 1.80 bits per heavy atom. The average Bonchev–Trinajstić information content (AvgIpc) is 3.13. The van der Waals surface area contributed by atoms with E-state index >= 15 is 0 Å². The van der Waals surface area contributed by atoms with Gasteiger partial charge in [0.25, 0.3) is 0 Å². The van der Waals surface area contributed by atoms with Crippen LogP contribution in [0.1, 0.15) is 16.8 Å². The van der Waals surface area contributed by atoms with Crippen molar-refractivity contribution in [2.24, 2.45) is 0 Å². The van der Waals surface area contributed by atoms with Crippen LogP contribution >= 0.6 is 0 Å². The predicted molar refractivity (Wildman–Crippen MR) is 106 cm³/mol. The van der Waals surface area contributed by atoms with Crippen molar-refractivity contribution in [2.75, 3.05) is 21.3 Å². The molecule has 3 rings (SSSR count). The van der Waals surface area contributed by atoms with Gasteiger partial charge in [0.2, 0.25) is 5.75 Å². The number of benzene rings is 1. The molecule has 2 aromatic heterocycles. The molecule has 3 aromatic rings. The monoisotopic (exact) mass is 441 g/mol. The fraction of sp³-hybridized carbons (Fsp3) is 0.368. The number of alkyl halides is 2. The molecule has 8 nitrogen and oxygen atoms in total. The Kier molecular flexibility index (Phi) is 6.40. The van der Waals surface area contributed by atoms with Crippen LogP contribution in [0.5, 0.6) is 23.0 Å². The molecule has 1 unspecified atom stereocenters.